The average molecular weight is 516 g/mol. The number of pyridine rings is 1. The first-order valence-corrected chi connectivity index (χ1v) is 11.6. The lowest BCUT2D eigenvalue weighted by atomic mass is 9.98. The van der Waals surface area contributed by atoms with E-state index < -0.39 is 0 Å². The van der Waals surface area contributed by atoms with Crippen LogP contribution in [0.15, 0.2) is 66.9 Å². The molecular formula is C27H31Cl2N3O3. The van der Waals surface area contributed by atoms with Crippen LogP contribution in [0.5, 0.6) is 5.88 Å². The minimum Gasteiger partial charge on any atom is -0.475 e. The van der Waals surface area contributed by atoms with Gasteiger partial charge in [0.05, 0.1) is 12.1 Å². The molecule has 1 aliphatic heterocycles. The van der Waals surface area contributed by atoms with E-state index in [9.17, 15) is 4.79 Å². The molecular weight excluding hydrogens is 485 g/mol. The Bertz CT molecular complexity index is 1100. The van der Waals surface area contributed by atoms with Crippen LogP contribution in [-0.2, 0) is 4.74 Å². The van der Waals surface area contributed by atoms with Crippen LogP contribution in [0.2, 0.25) is 0 Å². The summed E-state index contributed by atoms with van der Waals surface area (Å²) in [6.45, 7) is 6.16. The molecule has 1 aliphatic carbocycles. The second kappa shape index (κ2) is 11.8. The summed E-state index contributed by atoms with van der Waals surface area (Å²) in [7, 11) is 0. The Balaban J connectivity index is 0.00000171. The van der Waals surface area contributed by atoms with Crippen molar-refractivity contribution in [2.45, 2.75) is 31.9 Å². The monoisotopic (exact) mass is 515 g/mol. The van der Waals surface area contributed by atoms with E-state index in [1.165, 1.54) is 22.3 Å². The summed E-state index contributed by atoms with van der Waals surface area (Å²) in [5, 5.41) is 3.47. The fraction of sp³-hybridized carbons (Fsp3) is 0.333. The van der Waals surface area contributed by atoms with Crippen LogP contribution in [0, 0.1) is 0 Å². The number of nitrogens with zero attached hydrogens (tertiary/aromatic N) is 2. The van der Waals surface area contributed by atoms with E-state index in [2.05, 4.69) is 46.7 Å². The molecule has 8 heteroatoms. The topological polar surface area (TPSA) is 63.7 Å². The highest BCUT2D eigenvalue weighted by molar-refractivity contribution is 5.85. The highest BCUT2D eigenvalue weighted by Crippen LogP contribution is 2.44. The second-order valence-electron chi connectivity index (χ2n) is 8.85. The average Bonchev–Trinajstić information content (AvgIpc) is 3.16. The zero-order valence-corrected chi connectivity index (χ0v) is 21.5. The molecule has 1 unspecified atom stereocenters. The highest BCUT2D eigenvalue weighted by Gasteiger charge is 2.31. The van der Waals surface area contributed by atoms with Gasteiger partial charge in [-0.1, -0.05) is 54.6 Å². The molecule has 5 rings (SSSR count). The van der Waals surface area contributed by atoms with Gasteiger partial charge in [-0.25, -0.2) is 9.78 Å². The number of amides is 1. The first-order chi connectivity index (χ1) is 16.1. The maximum absolute atomic E-state index is 13.0. The maximum atomic E-state index is 13.0. The van der Waals surface area contributed by atoms with Crippen molar-refractivity contribution in [1.29, 1.82) is 0 Å². The third-order valence-corrected chi connectivity index (χ3v) is 6.29. The van der Waals surface area contributed by atoms with Gasteiger partial charge in [0.25, 0.3) is 0 Å². The number of aromatic nitrogens is 1. The Hall–Kier alpha value is -2.80. The van der Waals surface area contributed by atoms with E-state index >= 15 is 0 Å². The number of nitrogens with one attached hydrogen (secondary N) is 1. The predicted molar refractivity (Wildman–Crippen MR) is 142 cm³/mol. The van der Waals surface area contributed by atoms with Crippen molar-refractivity contribution in [3.8, 4) is 17.0 Å². The van der Waals surface area contributed by atoms with Crippen molar-refractivity contribution in [1.82, 2.24) is 15.2 Å². The third-order valence-electron chi connectivity index (χ3n) is 6.29. The molecule has 1 N–H and O–H groups in total. The molecule has 2 aromatic carbocycles. The first-order valence-electron chi connectivity index (χ1n) is 11.6. The van der Waals surface area contributed by atoms with Crippen molar-refractivity contribution in [3.63, 3.8) is 0 Å². The molecule has 1 fully saturated rings. The van der Waals surface area contributed by atoms with Crippen LogP contribution in [0.4, 0.5) is 4.79 Å². The number of carbonyl (C=O) groups is 1. The first kappa shape index (κ1) is 26.8. The van der Waals surface area contributed by atoms with Gasteiger partial charge in [0.15, 0.2) is 0 Å². The Morgan fingerprint density at radius 3 is 2.29 bits per heavy atom. The molecule has 0 bridgehead atoms. The van der Waals surface area contributed by atoms with Gasteiger partial charge < -0.3 is 19.7 Å². The van der Waals surface area contributed by atoms with Crippen LogP contribution in [0.1, 0.15) is 42.5 Å². The molecule has 6 nitrogen and oxygen atoms in total. The standard InChI is InChI=1S/C27H29N3O3.2ClH/c1-18(2)33-26-12-11-19(15-29-26)25-16-30(14-13-28-25)27(31)32-17-24-22-9-5-3-7-20(22)21-8-4-6-10-23(21)24;;/h3-12,15,18,24-25,28H,13-14,16-17H2,1-2H3;2*1H. The Kier molecular flexibility index (Phi) is 9.00. The van der Waals surface area contributed by atoms with Crippen LogP contribution in [0.3, 0.4) is 0 Å². The van der Waals surface area contributed by atoms with Gasteiger partial charge >= 0.3 is 6.09 Å². The summed E-state index contributed by atoms with van der Waals surface area (Å²) in [5.74, 6) is 0.677. The summed E-state index contributed by atoms with van der Waals surface area (Å²) < 4.78 is 11.5. The second-order valence-corrected chi connectivity index (χ2v) is 8.85. The van der Waals surface area contributed by atoms with Crippen molar-refractivity contribution in [2.24, 2.45) is 0 Å². The van der Waals surface area contributed by atoms with Crippen LogP contribution >= 0.6 is 24.8 Å². The van der Waals surface area contributed by atoms with E-state index in [1.54, 1.807) is 4.90 Å². The number of carbonyl (C=O) groups excluding carboxylic acids is 1. The molecule has 2 aliphatic rings. The molecule has 0 saturated carbocycles. The molecule has 186 valence electrons. The van der Waals surface area contributed by atoms with Crippen molar-refractivity contribution >= 4 is 30.9 Å². The number of benzene rings is 2. The highest BCUT2D eigenvalue weighted by atomic mass is 35.5. The van der Waals surface area contributed by atoms with Crippen LogP contribution in [0.25, 0.3) is 11.1 Å². The lowest BCUT2D eigenvalue weighted by molar-refractivity contribution is 0.0882. The largest absolute Gasteiger partial charge is 0.475 e. The summed E-state index contributed by atoms with van der Waals surface area (Å²) in [5.41, 5.74) is 5.93. The number of hydrogen-bond donors (Lipinski definition) is 1. The number of ether oxygens (including phenoxy) is 2. The molecule has 0 radical (unpaired) electrons. The number of hydrogen-bond acceptors (Lipinski definition) is 5. The number of rotatable bonds is 5. The molecule has 1 amide bonds. The third kappa shape index (κ3) is 5.72. The van der Waals surface area contributed by atoms with E-state index in [4.69, 9.17) is 9.47 Å². The van der Waals surface area contributed by atoms with Gasteiger partial charge in [0.1, 0.15) is 6.61 Å². The quantitative estimate of drug-likeness (QED) is 0.478. The van der Waals surface area contributed by atoms with Gasteiger partial charge in [-0.15, -0.1) is 24.8 Å². The lowest BCUT2D eigenvalue weighted by Gasteiger charge is -2.33. The Morgan fingerprint density at radius 2 is 1.69 bits per heavy atom. The van der Waals surface area contributed by atoms with E-state index in [0.29, 0.717) is 32.1 Å². The van der Waals surface area contributed by atoms with Gasteiger partial charge in [0, 0.05) is 37.8 Å². The molecule has 0 spiro atoms. The molecule has 35 heavy (non-hydrogen) atoms. The van der Waals surface area contributed by atoms with E-state index in [1.807, 2.05) is 44.3 Å². The normalized spacial score (nSPS) is 16.5. The minimum absolute atomic E-state index is 0. The van der Waals surface area contributed by atoms with Gasteiger partial charge in [-0.2, -0.15) is 0 Å². The molecule has 1 aromatic heterocycles. The van der Waals surface area contributed by atoms with Crippen LogP contribution < -0.4 is 10.1 Å². The van der Waals surface area contributed by atoms with Gasteiger partial charge in [0.2, 0.25) is 5.88 Å². The number of piperazine rings is 1. The van der Waals surface area contributed by atoms with Crippen molar-refractivity contribution < 1.29 is 14.3 Å². The molecule has 1 atom stereocenters. The molecule has 3 aromatic rings. The summed E-state index contributed by atoms with van der Waals surface area (Å²) >= 11 is 0. The van der Waals surface area contributed by atoms with Crippen LogP contribution in [-0.4, -0.2) is 48.3 Å². The zero-order chi connectivity index (χ0) is 22.8. The fourth-order valence-electron chi connectivity index (χ4n) is 4.73. The summed E-state index contributed by atoms with van der Waals surface area (Å²) in [6, 6.07) is 20.7. The van der Waals surface area contributed by atoms with Crippen molar-refractivity contribution in [2.75, 3.05) is 26.2 Å². The van der Waals surface area contributed by atoms with E-state index in [0.717, 1.165) is 5.56 Å². The van der Waals surface area contributed by atoms with Gasteiger partial charge in [-0.05, 0) is 41.7 Å². The predicted octanol–water partition coefficient (Wildman–Crippen LogP) is 5.61. The van der Waals surface area contributed by atoms with Gasteiger partial charge in [-0.3, -0.25) is 0 Å². The summed E-state index contributed by atoms with van der Waals surface area (Å²) in [4.78, 5) is 19.2. The smallest absolute Gasteiger partial charge is 0.409 e. The maximum Gasteiger partial charge on any atom is 0.409 e. The molecule has 2 heterocycles. The fourth-order valence-corrected chi connectivity index (χ4v) is 4.73. The molecule has 1 saturated heterocycles. The van der Waals surface area contributed by atoms with Crippen molar-refractivity contribution in [3.05, 3.63) is 83.6 Å². The Morgan fingerprint density at radius 1 is 1.03 bits per heavy atom. The lowest BCUT2D eigenvalue weighted by Crippen LogP contribution is -2.48. The number of fused-ring (bicyclic) bond motifs is 3. The Labute approximate surface area is 218 Å². The summed E-state index contributed by atoms with van der Waals surface area (Å²) in [6.07, 6.45) is 1.63. The minimum atomic E-state index is -0.268. The zero-order valence-electron chi connectivity index (χ0n) is 19.8. The number of halogens is 2. The van der Waals surface area contributed by atoms with E-state index in [-0.39, 0.29) is 49.0 Å². The SMILES string of the molecule is CC(C)Oc1ccc(C2CN(C(=O)OCC3c4ccccc4-c4ccccc43)CCN2)cn1.Cl.Cl.